The quantitative estimate of drug-likeness (QED) is 0.559. The molecule has 1 saturated heterocycles. The fourth-order valence-corrected chi connectivity index (χ4v) is 6.48. The lowest BCUT2D eigenvalue weighted by atomic mass is 9.77. The number of likely N-dealkylation sites (tertiary alicyclic amines) is 1. The number of nitrogens with one attached hydrogen (secondary N) is 2. The molecule has 6 nitrogen and oxygen atoms in total. The summed E-state index contributed by atoms with van der Waals surface area (Å²) in [6.07, 6.45) is 2.02. The van der Waals surface area contributed by atoms with E-state index in [1.807, 2.05) is 39.8 Å². The van der Waals surface area contributed by atoms with Crippen molar-refractivity contribution >= 4 is 10.6 Å². The molecular weight excluding hydrogens is 408 g/mol. The van der Waals surface area contributed by atoms with Crippen LogP contribution in [0.25, 0.3) is 0 Å². The largest absolute Gasteiger partial charge is 0.444 e. The van der Waals surface area contributed by atoms with Gasteiger partial charge in [0.05, 0.1) is 11.1 Å². The van der Waals surface area contributed by atoms with E-state index in [1.54, 1.807) is 0 Å². The van der Waals surface area contributed by atoms with Crippen molar-refractivity contribution in [3.8, 4) is 0 Å². The average molecular weight is 450 g/mol. The minimum atomic E-state index is -1.75. The summed E-state index contributed by atoms with van der Waals surface area (Å²) < 4.78 is 20.5. The number of piperidine rings is 1. The lowest BCUT2D eigenvalue weighted by Gasteiger charge is -2.54. The van der Waals surface area contributed by atoms with Crippen LogP contribution >= 0.6 is 0 Å². The molecule has 0 spiro atoms. The molecule has 2 aliphatic heterocycles. The fraction of sp³-hybridized carbons (Fsp3) is 0.750. The zero-order chi connectivity index (χ0) is 23.6. The molecule has 0 amide bonds. The van der Waals surface area contributed by atoms with Crippen LogP contribution in [0.2, 0.25) is 0 Å². The van der Waals surface area contributed by atoms with Crippen LogP contribution in [0, 0.1) is 4.78 Å². The van der Waals surface area contributed by atoms with Crippen molar-refractivity contribution in [3.63, 3.8) is 0 Å². The molecule has 0 saturated carbocycles. The summed E-state index contributed by atoms with van der Waals surface area (Å²) in [5, 5.41) is 15.4. The van der Waals surface area contributed by atoms with E-state index in [-0.39, 0.29) is 11.1 Å². The molecule has 1 aromatic rings. The number of hydrogen-bond acceptors (Lipinski definition) is 7. The van der Waals surface area contributed by atoms with Crippen molar-refractivity contribution in [1.82, 2.24) is 15.3 Å². The van der Waals surface area contributed by atoms with Gasteiger partial charge in [-0.15, -0.1) is 0 Å². The van der Waals surface area contributed by atoms with Gasteiger partial charge in [-0.3, -0.25) is 4.90 Å². The average Bonchev–Trinajstić information content (AvgIpc) is 2.77. The summed E-state index contributed by atoms with van der Waals surface area (Å²) in [7, 11) is 0.438. The first-order valence-electron chi connectivity index (χ1n) is 11.2. The predicted octanol–water partition coefficient (Wildman–Crippen LogP) is 4.87. The van der Waals surface area contributed by atoms with Crippen LogP contribution in [0.3, 0.4) is 0 Å². The molecule has 176 valence electrons. The molecule has 7 heteroatoms. The molecule has 0 aromatic heterocycles. The van der Waals surface area contributed by atoms with E-state index in [1.165, 1.54) is 5.06 Å². The van der Waals surface area contributed by atoms with Crippen molar-refractivity contribution in [2.24, 2.45) is 0 Å². The maximum Gasteiger partial charge on any atom is 0.0665 e. The zero-order valence-electron chi connectivity index (χ0n) is 20.7. The van der Waals surface area contributed by atoms with Gasteiger partial charge in [0.25, 0.3) is 0 Å². The maximum atomic E-state index is 12.4. The molecule has 2 heterocycles. The van der Waals surface area contributed by atoms with E-state index < -0.39 is 26.9 Å². The lowest BCUT2D eigenvalue weighted by molar-refractivity contribution is -0.216. The van der Waals surface area contributed by atoms with E-state index >= 15 is 0 Å². The topological polar surface area (TPSA) is 79.7 Å². The van der Waals surface area contributed by atoms with Crippen LogP contribution in [-0.2, 0) is 25.9 Å². The van der Waals surface area contributed by atoms with Gasteiger partial charge in [0, 0.05) is 17.1 Å². The molecule has 1 fully saturated rings. The Hall–Kier alpha value is -0.990. The van der Waals surface area contributed by atoms with Crippen LogP contribution < -0.4 is 5.32 Å². The summed E-state index contributed by atoms with van der Waals surface area (Å²) in [4.78, 5) is 2.45. The Bertz CT molecular complexity index is 894. The molecule has 0 aliphatic carbocycles. The molecule has 3 N–H and O–H groups in total. The standard InChI is InChI=1S/C24H41N4O2S/c1-21(2)13-17(14-22(3,4)27(21)9)26-15-20(31(25)30)16-10-11-18-19(12-16)24(7,8)28(29)23(18,5)6/h10-12,17,20,25-26,29H,13-15H2,1-9H3/q-1. The molecule has 31 heavy (non-hydrogen) atoms. The first kappa shape index (κ1) is 24.6. The number of hydroxylamine groups is 2. The van der Waals surface area contributed by atoms with Gasteiger partial charge < -0.3 is 19.5 Å². The van der Waals surface area contributed by atoms with Crippen molar-refractivity contribution in [2.75, 3.05) is 13.6 Å². The van der Waals surface area contributed by atoms with Crippen molar-refractivity contribution in [2.45, 2.75) is 102 Å². The second-order valence-electron chi connectivity index (χ2n) is 11.7. The van der Waals surface area contributed by atoms with Gasteiger partial charge in [0.2, 0.25) is 0 Å². The zero-order valence-corrected chi connectivity index (χ0v) is 21.5. The summed E-state index contributed by atoms with van der Waals surface area (Å²) in [5.74, 6) is 0. The molecular formula is C24H41N4O2S-. The Morgan fingerprint density at radius 3 is 2.10 bits per heavy atom. The van der Waals surface area contributed by atoms with Gasteiger partial charge >= 0.3 is 0 Å². The third kappa shape index (κ3) is 4.20. The second kappa shape index (κ2) is 7.80. The van der Waals surface area contributed by atoms with Crippen molar-refractivity contribution in [3.05, 3.63) is 34.9 Å². The fourth-order valence-electron chi connectivity index (χ4n) is 5.84. The van der Waals surface area contributed by atoms with Crippen molar-refractivity contribution < 1.29 is 9.42 Å². The molecule has 1 unspecified atom stereocenters. The first-order chi connectivity index (χ1) is 14.0. The molecule has 1 atom stereocenters. The van der Waals surface area contributed by atoms with Crippen LogP contribution in [0.15, 0.2) is 18.2 Å². The second-order valence-corrected chi connectivity index (χ2v) is 12.9. The van der Waals surface area contributed by atoms with Gasteiger partial charge in [-0.25, -0.2) is 0 Å². The van der Waals surface area contributed by atoms with Crippen LogP contribution in [0.4, 0.5) is 0 Å². The highest BCUT2D eigenvalue weighted by Crippen LogP contribution is 2.48. The molecule has 0 radical (unpaired) electrons. The number of rotatable bonds is 5. The highest BCUT2D eigenvalue weighted by atomic mass is 32.2. The highest BCUT2D eigenvalue weighted by Gasteiger charge is 2.49. The number of nitrogens with zero attached hydrogens (tertiary/aromatic N) is 2. The molecule has 2 aliphatic rings. The third-order valence-electron chi connectivity index (χ3n) is 7.95. The summed E-state index contributed by atoms with van der Waals surface area (Å²) in [6, 6.07) is 6.38. The van der Waals surface area contributed by atoms with E-state index in [4.69, 9.17) is 4.78 Å². The maximum absolute atomic E-state index is 12.4. The number of hydrogen-bond donors (Lipinski definition) is 3. The van der Waals surface area contributed by atoms with E-state index in [0.717, 1.165) is 29.5 Å². The number of benzene rings is 1. The molecule has 0 bridgehead atoms. The van der Waals surface area contributed by atoms with Gasteiger partial charge in [0.15, 0.2) is 0 Å². The van der Waals surface area contributed by atoms with E-state index in [0.29, 0.717) is 12.6 Å². The Kier molecular flexibility index (Phi) is 6.20. The summed E-state index contributed by atoms with van der Waals surface area (Å²) in [6.45, 7) is 17.6. The monoisotopic (exact) mass is 449 g/mol. The Balaban J connectivity index is 1.85. The number of fused-ring (bicyclic) bond motifs is 1. The molecule has 1 aromatic carbocycles. The Morgan fingerprint density at radius 1 is 1.06 bits per heavy atom. The Labute approximate surface area is 190 Å². The third-order valence-corrected chi connectivity index (χ3v) is 8.91. The van der Waals surface area contributed by atoms with Gasteiger partial charge in [-0.1, -0.05) is 23.8 Å². The van der Waals surface area contributed by atoms with E-state index in [2.05, 4.69) is 51.0 Å². The SMILES string of the molecule is CN1C(C)(C)CC(NCC(c2ccc3c(c2)C(C)(C)N(O)C3(C)C)[S-](=N)=O)CC1(C)C. The highest BCUT2D eigenvalue weighted by molar-refractivity contribution is 7.73. The first-order valence-corrected chi connectivity index (χ1v) is 12.5. The van der Waals surface area contributed by atoms with Crippen LogP contribution in [0.5, 0.6) is 0 Å². The minimum Gasteiger partial charge on any atom is -0.444 e. The minimum absolute atomic E-state index is 0.0722. The molecule has 3 rings (SSSR count). The summed E-state index contributed by atoms with van der Waals surface area (Å²) >= 11 is 0. The van der Waals surface area contributed by atoms with Crippen LogP contribution in [0.1, 0.15) is 90.2 Å². The van der Waals surface area contributed by atoms with E-state index in [9.17, 15) is 9.42 Å². The Morgan fingerprint density at radius 2 is 1.58 bits per heavy atom. The predicted molar refractivity (Wildman–Crippen MR) is 127 cm³/mol. The lowest BCUT2D eigenvalue weighted by Crippen LogP contribution is -2.62. The van der Waals surface area contributed by atoms with Gasteiger partial charge in [0.1, 0.15) is 0 Å². The normalized spacial score (nSPS) is 26.2. The van der Waals surface area contributed by atoms with Crippen molar-refractivity contribution in [1.29, 1.82) is 4.78 Å². The van der Waals surface area contributed by atoms with Gasteiger partial charge in [-0.2, -0.15) is 15.7 Å². The van der Waals surface area contributed by atoms with Gasteiger partial charge in [-0.05, 0) is 98.2 Å². The van der Waals surface area contributed by atoms with Crippen LogP contribution in [-0.4, -0.2) is 45.9 Å². The smallest absolute Gasteiger partial charge is 0.0665 e. The summed E-state index contributed by atoms with van der Waals surface area (Å²) in [5.41, 5.74) is 2.12.